The second-order valence-corrected chi connectivity index (χ2v) is 6.20. The van der Waals surface area contributed by atoms with Gasteiger partial charge in [0.2, 0.25) is 10.0 Å². The van der Waals surface area contributed by atoms with Crippen LogP contribution in [-0.4, -0.2) is 33.5 Å². The normalized spacial score (nSPS) is 16.7. The summed E-state index contributed by atoms with van der Waals surface area (Å²) in [6, 6.07) is 7.19. The maximum atomic E-state index is 11.1. The van der Waals surface area contributed by atoms with E-state index in [1.54, 1.807) is 12.1 Å². The summed E-state index contributed by atoms with van der Waals surface area (Å²) >= 11 is 0. The summed E-state index contributed by atoms with van der Waals surface area (Å²) in [5.74, 6) is 0.307. The minimum atomic E-state index is -3.23. The molecule has 0 aromatic heterocycles. The Labute approximate surface area is 107 Å². The van der Waals surface area contributed by atoms with Gasteiger partial charge in [-0.2, -0.15) is 0 Å². The number of ketones is 1. The first-order valence-corrected chi connectivity index (χ1v) is 7.68. The summed E-state index contributed by atoms with van der Waals surface area (Å²) in [6.45, 7) is 1.47. The van der Waals surface area contributed by atoms with Crippen molar-refractivity contribution in [2.75, 3.05) is 29.0 Å². The number of nitrogens with one attached hydrogen (secondary N) is 1. The van der Waals surface area contributed by atoms with Crippen molar-refractivity contribution in [2.45, 2.75) is 12.8 Å². The second kappa shape index (κ2) is 4.97. The van der Waals surface area contributed by atoms with Crippen molar-refractivity contribution in [1.29, 1.82) is 0 Å². The van der Waals surface area contributed by atoms with Crippen LogP contribution in [0.15, 0.2) is 24.3 Å². The number of Topliss-reactive ketones (excluding diaryl/α,β-unsaturated/α-hetero) is 1. The zero-order valence-electron chi connectivity index (χ0n) is 10.2. The molecule has 18 heavy (non-hydrogen) atoms. The topological polar surface area (TPSA) is 66.5 Å². The zero-order chi connectivity index (χ0) is 13.2. The SMILES string of the molecule is CS(=O)(=O)Nc1ccc(N2CCC(=O)CC2)cc1. The molecule has 2 rings (SSSR count). The number of hydrogen-bond acceptors (Lipinski definition) is 4. The van der Waals surface area contributed by atoms with Crippen LogP contribution in [0.3, 0.4) is 0 Å². The summed E-state index contributed by atoms with van der Waals surface area (Å²) < 4.78 is 24.5. The van der Waals surface area contributed by atoms with Crippen molar-refractivity contribution < 1.29 is 13.2 Å². The Morgan fingerprint density at radius 1 is 1.11 bits per heavy atom. The van der Waals surface area contributed by atoms with Crippen LogP contribution < -0.4 is 9.62 Å². The largest absolute Gasteiger partial charge is 0.371 e. The molecule has 0 bridgehead atoms. The van der Waals surface area contributed by atoms with Crippen molar-refractivity contribution in [1.82, 2.24) is 0 Å². The molecule has 0 unspecified atom stereocenters. The Morgan fingerprint density at radius 3 is 2.17 bits per heavy atom. The van der Waals surface area contributed by atoms with E-state index in [1.807, 2.05) is 12.1 Å². The summed E-state index contributed by atoms with van der Waals surface area (Å²) in [4.78, 5) is 13.3. The lowest BCUT2D eigenvalue weighted by Gasteiger charge is -2.28. The Hall–Kier alpha value is -1.56. The molecule has 0 radical (unpaired) electrons. The van der Waals surface area contributed by atoms with Crippen LogP contribution in [0.2, 0.25) is 0 Å². The standard InChI is InChI=1S/C12H16N2O3S/c1-18(16,17)13-10-2-4-11(5-3-10)14-8-6-12(15)7-9-14/h2-5,13H,6-9H2,1H3. The molecule has 1 fully saturated rings. The highest BCUT2D eigenvalue weighted by atomic mass is 32.2. The van der Waals surface area contributed by atoms with Crippen molar-refractivity contribution in [3.63, 3.8) is 0 Å². The van der Waals surface area contributed by atoms with E-state index in [0.717, 1.165) is 25.0 Å². The molecule has 1 N–H and O–H groups in total. The summed E-state index contributed by atoms with van der Waals surface area (Å²) in [5.41, 5.74) is 1.57. The Morgan fingerprint density at radius 2 is 1.67 bits per heavy atom. The molecule has 0 aliphatic carbocycles. The number of anilines is 2. The Bertz CT molecular complexity index is 527. The van der Waals surface area contributed by atoms with Gasteiger partial charge in [-0.1, -0.05) is 0 Å². The van der Waals surface area contributed by atoms with Crippen LogP contribution in [0.4, 0.5) is 11.4 Å². The molecule has 0 atom stereocenters. The molecular formula is C12H16N2O3S. The lowest BCUT2D eigenvalue weighted by molar-refractivity contribution is -0.119. The van der Waals surface area contributed by atoms with E-state index < -0.39 is 10.0 Å². The maximum absolute atomic E-state index is 11.1. The summed E-state index contributed by atoms with van der Waals surface area (Å²) in [7, 11) is -3.23. The van der Waals surface area contributed by atoms with Gasteiger partial charge >= 0.3 is 0 Å². The van der Waals surface area contributed by atoms with E-state index in [9.17, 15) is 13.2 Å². The van der Waals surface area contributed by atoms with Crippen LogP contribution in [0, 0.1) is 0 Å². The van der Waals surface area contributed by atoms with Crippen LogP contribution in [-0.2, 0) is 14.8 Å². The summed E-state index contributed by atoms with van der Waals surface area (Å²) in [6.07, 6.45) is 2.30. The minimum Gasteiger partial charge on any atom is -0.371 e. The molecule has 0 spiro atoms. The molecule has 0 saturated carbocycles. The summed E-state index contributed by atoms with van der Waals surface area (Å²) in [5, 5.41) is 0. The van der Waals surface area contributed by atoms with E-state index in [0.29, 0.717) is 24.3 Å². The number of rotatable bonds is 3. The van der Waals surface area contributed by atoms with Crippen LogP contribution >= 0.6 is 0 Å². The first-order chi connectivity index (χ1) is 8.44. The fraction of sp³-hybridized carbons (Fsp3) is 0.417. The fourth-order valence-corrected chi connectivity index (χ4v) is 2.53. The van der Waals surface area contributed by atoms with Crippen molar-refractivity contribution >= 4 is 27.2 Å². The minimum absolute atomic E-state index is 0.307. The quantitative estimate of drug-likeness (QED) is 0.895. The highest BCUT2D eigenvalue weighted by Crippen LogP contribution is 2.21. The molecule has 1 saturated heterocycles. The molecule has 6 heteroatoms. The van der Waals surface area contributed by atoms with Gasteiger partial charge in [-0.05, 0) is 24.3 Å². The smallest absolute Gasteiger partial charge is 0.229 e. The molecule has 1 heterocycles. The number of sulfonamides is 1. The van der Waals surface area contributed by atoms with Crippen molar-refractivity contribution in [2.24, 2.45) is 0 Å². The lowest BCUT2D eigenvalue weighted by atomic mass is 10.1. The third-order valence-corrected chi connectivity index (χ3v) is 3.46. The van der Waals surface area contributed by atoms with E-state index >= 15 is 0 Å². The third-order valence-electron chi connectivity index (χ3n) is 2.86. The number of hydrogen-bond donors (Lipinski definition) is 1. The van der Waals surface area contributed by atoms with Gasteiger partial charge in [0.15, 0.2) is 0 Å². The maximum Gasteiger partial charge on any atom is 0.229 e. The average molecular weight is 268 g/mol. The second-order valence-electron chi connectivity index (χ2n) is 4.45. The number of nitrogens with zero attached hydrogens (tertiary/aromatic N) is 1. The number of piperidine rings is 1. The van der Waals surface area contributed by atoms with Crippen LogP contribution in [0.25, 0.3) is 0 Å². The molecule has 5 nitrogen and oxygen atoms in total. The molecule has 1 aliphatic rings. The number of carbonyl (C=O) groups excluding carboxylic acids is 1. The number of carbonyl (C=O) groups is 1. The molecule has 1 aliphatic heterocycles. The van der Waals surface area contributed by atoms with Gasteiger partial charge < -0.3 is 4.90 Å². The molecular weight excluding hydrogens is 252 g/mol. The van der Waals surface area contributed by atoms with Gasteiger partial charge in [-0.3, -0.25) is 9.52 Å². The van der Waals surface area contributed by atoms with E-state index in [-0.39, 0.29) is 0 Å². The van der Waals surface area contributed by atoms with E-state index in [2.05, 4.69) is 9.62 Å². The first-order valence-electron chi connectivity index (χ1n) is 5.78. The van der Waals surface area contributed by atoms with Crippen molar-refractivity contribution in [3.8, 4) is 0 Å². The first kappa shape index (κ1) is 12.9. The van der Waals surface area contributed by atoms with Crippen LogP contribution in [0.5, 0.6) is 0 Å². The molecule has 98 valence electrons. The number of benzene rings is 1. The van der Waals surface area contributed by atoms with Crippen LogP contribution in [0.1, 0.15) is 12.8 Å². The highest BCUT2D eigenvalue weighted by molar-refractivity contribution is 7.92. The fourth-order valence-electron chi connectivity index (χ4n) is 1.97. The van der Waals surface area contributed by atoms with Gasteiger partial charge in [-0.25, -0.2) is 8.42 Å². The molecule has 1 aromatic rings. The van der Waals surface area contributed by atoms with Gasteiger partial charge in [0, 0.05) is 37.3 Å². The lowest BCUT2D eigenvalue weighted by Crippen LogP contribution is -2.33. The van der Waals surface area contributed by atoms with Gasteiger partial charge in [0.1, 0.15) is 5.78 Å². The van der Waals surface area contributed by atoms with Gasteiger partial charge in [0.05, 0.1) is 6.26 Å². The predicted octanol–water partition coefficient (Wildman–Crippen LogP) is 1.23. The Balaban J connectivity index is 2.06. The van der Waals surface area contributed by atoms with Gasteiger partial charge in [-0.15, -0.1) is 0 Å². The predicted molar refractivity (Wildman–Crippen MR) is 71.4 cm³/mol. The molecule has 0 amide bonds. The van der Waals surface area contributed by atoms with Gasteiger partial charge in [0.25, 0.3) is 0 Å². The van der Waals surface area contributed by atoms with E-state index in [1.165, 1.54) is 0 Å². The van der Waals surface area contributed by atoms with E-state index in [4.69, 9.17) is 0 Å². The zero-order valence-corrected chi connectivity index (χ0v) is 11.0. The highest BCUT2D eigenvalue weighted by Gasteiger charge is 2.16. The monoisotopic (exact) mass is 268 g/mol. The molecule has 1 aromatic carbocycles. The third kappa shape index (κ3) is 3.46. The average Bonchev–Trinajstić information content (AvgIpc) is 2.29. The Kier molecular flexibility index (Phi) is 3.56. The van der Waals surface area contributed by atoms with Crippen molar-refractivity contribution in [3.05, 3.63) is 24.3 Å².